The zero-order chi connectivity index (χ0) is 25.5. The van der Waals surface area contributed by atoms with E-state index in [1.54, 1.807) is 7.11 Å². The number of alkyl carbamates (subject to hydrolysis) is 1. The fraction of sp³-hybridized carbons (Fsp3) is 0.704. The lowest BCUT2D eigenvalue weighted by atomic mass is 9.70. The molecule has 3 aliphatic rings. The van der Waals surface area contributed by atoms with Crippen molar-refractivity contribution >= 4 is 12.0 Å². The van der Waals surface area contributed by atoms with Gasteiger partial charge in [-0.25, -0.2) is 4.79 Å². The van der Waals surface area contributed by atoms with E-state index in [9.17, 15) is 9.59 Å². The Morgan fingerprint density at radius 2 is 2.03 bits per heavy atom. The van der Waals surface area contributed by atoms with Gasteiger partial charge in [-0.05, 0) is 66.0 Å². The van der Waals surface area contributed by atoms with Gasteiger partial charge in [0.1, 0.15) is 28.7 Å². The Bertz CT molecular complexity index is 955. The van der Waals surface area contributed by atoms with Gasteiger partial charge in [0.25, 0.3) is 0 Å². The highest BCUT2D eigenvalue weighted by Gasteiger charge is 2.51. The summed E-state index contributed by atoms with van der Waals surface area (Å²) in [5, 5.41) is 2.76. The number of ether oxygens (including phenoxy) is 4. The molecule has 0 aliphatic carbocycles. The molecular weight excluding hydrogens is 448 g/mol. The standard InChI is InChI=1S/C27H40N2O6/c1-8-20(28-25(31)35-26(2,3)4)24(30)29-12-11-21-16(15-29)13-19-23(33-21)18-10-9-17(32-7)14-22(18)34-27(19,5)6/h9-10,14,16,19-21,23H,8,11-13,15H2,1-7H3,(H,28,31)/t16-,19+,20-,21+,23-/m1/s1. The molecule has 0 spiro atoms. The van der Waals surface area contributed by atoms with E-state index in [2.05, 4.69) is 19.2 Å². The smallest absolute Gasteiger partial charge is 0.408 e. The molecule has 3 aliphatic heterocycles. The van der Waals surface area contributed by atoms with Crippen molar-refractivity contribution in [3.63, 3.8) is 0 Å². The van der Waals surface area contributed by atoms with E-state index < -0.39 is 23.3 Å². The summed E-state index contributed by atoms with van der Waals surface area (Å²) in [6.45, 7) is 12.8. The van der Waals surface area contributed by atoms with Crippen LogP contribution in [0.1, 0.15) is 72.5 Å². The van der Waals surface area contributed by atoms with Crippen molar-refractivity contribution in [3.8, 4) is 11.5 Å². The third-order valence-corrected chi connectivity index (χ3v) is 7.41. The maximum atomic E-state index is 13.3. The first-order valence-electron chi connectivity index (χ1n) is 12.7. The Labute approximate surface area is 208 Å². The van der Waals surface area contributed by atoms with Gasteiger partial charge in [0.15, 0.2) is 0 Å². The predicted molar refractivity (Wildman–Crippen MR) is 132 cm³/mol. The average molecular weight is 489 g/mol. The first-order valence-corrected chi connectivity index (χ1v) is 12.7. The van der Waals surface area contributed by atoms with Gasteiger partial charge in [0.05, 0.1) is 19.3 Å². The van der Waals surface area contributed by atoms with Crippen LogP contribution in [-0.4, -0.2) is 60.4 Å². The molecule has 194 valence electrons. The van der Waals surface area contributed by atoms with Gasteiger partial charge in [-0.3, -0.25) is 4.79 Å². The number of nitrogens with zero attached hydrogens (tertiary/aromatic N) is 1. The number of nitrogens with one attached hydrogen (secondary N) is 1. The lowest BCUT2D eigenvalue weighted by Crippen LogP contribution is -2.58. The van der Waals surface area contributed by atoms with Crippen LogP contribution in [0.5, 0.6) is 11.5 Å². The largest absolute Gasteiger partial charge is 0.497 e. The lowest BCUT2D eigenvalue weighted by molar-refractivity contribution is -0.189. The highest BCUT2D eigenvalue weighted by Crippen LogP contribution is 2.53. The zero-order valence-electron chi connectivity index (χ0n) is 22.1. The molecule has 0 radical (unpaired) electrons. The summed E-state index contributed by atoms with van der Waals surface area (Å²) < 4.78 is 23.9. The number of hydrogen-bond acceptors (Lipinski definition) is 6. The third kappa shape index (κ3) is 5.37. The van der Waals surface area contributed by atoms with Crippen LogP contribution in [0.15, 0.2) is 18.2 Å². The van der Waals surface area contributed by atoms with Gasteiger partial charge < -0.3 is 29.2 Å². The number of benzene rings is 1. The van der Waals surface area contributed by atoms with E-state index in [4.69, 9.17) is 18.9 Å². The Balaban J connectivity index is 1.45. The molecule has 35 heavy (non-hydrogen) atoms. The van der Waals surface area contributed by atoms with Crippen molar-refractivity contribution in [1.82, 2.24) is 10.2 Å². The molecule has 5 atom stereocenters. The van der Waals surface area contributed by atoms with Crippen molar-refractivity contribution in [2.75, 3.05) is 20.2 Å². The minimum atomic E-state index is -0.613. The number of carbonyl (C=O) groups is 2. The van der Waals surface area contributed by atoms with E-state index >= 15 is 0 Å². The normalized spacial score (nSPS) is 27.9. The second-order valence-electron chi connectivity index (χ2n) is 11.5. The lowest BCUT2D eigenvalue weighted by Gasteiger charge is -2.53. The SMILES string of the molecule is CC[C@@H](NC(=O)OC(C)(C)C)C(=O)N1CC[C@@H]2O[C@@H]3c4ccc(OC)cc4OC(C)(C)[C@H]3C[C@@H]2C1. The highest BCUT2D eigenvalue weighted by molar-refractivity contribution is 5.85. The maximum Gasteiger partial charge on any atom is 0.408 e. The minimum absolute atomic E-state index is 0.0413. The van der Waals surface area contributed by atoms with Crippen molar-refractivity contribution in [2.45, 2.75) is 90.3 Å². The van der Waals surface area contributed by atoms with Crippen LogP contribution in [0.25, 0.3) is 0 Å². The summed E-state index contributed by atoms with van der Waals surface area (Å²) in [4.78, 5) is 27.5. The molecule has 0 saturated carbocycles. The quantitative estimate of drug-likeness (QED) is 0.673. The molecule has 2 saturated heterocycles. The monoisotopic (exact) mass is 488 g/mol. The van der Waals surface area contributed by atoms with Gasteiger partial charge in [0.2, 0.25) is 5.91 Å². The van der Waals surface area contributed by atoms with Crippen molar-refractivity contribution in [3.05, 3.63) is 23.8 Å². The number of piperidine rings is 1. The summed E-state index contributed by atoms with van der Waals surface area (Å²) in [6, 6.07) is 5.34. The van der Waals surface area contributed by atoms with Crippen LogP contribution in [0.4, 0.5) is 4.79 Å². The van der Waals surface area contributed by atoms with Gasteiger partial charge in [-0.2, -0.15) is 0 Å². The van der Waals surface area contributed by atoms with E-state index in [0.29, 0.717) is 19.5 Å². The Kier molecular flexibility index (Phi) is 6.97. The first kappa shape index (κ1) is 25.6. The number of hydrogen-bond donors (Lipinski definition) is 1. The second-order valence-corrected chi connectivity index (χ2v) is 11.5. The molecular formula is C27H40N2O6. The highest BCUT2D eigenvalue weighted by atomic mass is 16.6. The molecule has 8 nitrogen and oxygen atoms in total. The molecule has 0 aromatic heterocycles. The van der Waals surface area contributed by atoms with Crippen LogP contribution in [0, 0.1) is 11.8 Å². The number of likely N-dealkylation sites (tertiary alicyclic amines) is 1. The fourth-order valence-corrected chi connectivity index (χ4v) is 5.62. The third-order valence-electron chi connectivity index (χ3n) is 7.41. The van der Waals surface area contributed by atoms with Gasteiger partial charge in [0, 0.05) is 36.6 Å². The fourth-order valence-electron chi connectivity index (χ4n) is 5.62. The van der Waals surface area contributed by atoms with Crippen LogP contribution >= 0.6 is 0 Å². The first-order chi connectivity index (χ1) is 16.4. The number of carbonyl (C=O) groups excluding carboxylic acids is 2. The van der Waals surface area contributed by atoms with Crippen molar-refractivity contribution in [1.29, 1.82) is 0 Å². The molecule has 2 amide bonds. The number of fused-ring (bicyclic) bond motifs is 4. The minimum Gasteiger partial charge on any atom is -0.497 e. The molecule has 8 heteroatoms. The number of amides is 2. The summed E-state index contributed by atoms with van der Waals surface area (Å²) in [7, 11) is 1.65. The van der Waals surface area contributed by atoms with Crippen LogP contribution in [0.3, 0.4) is 0 Å². The Morgan fingerprint density at radius 3 is 2.69 bits per heavy atom. The Hall–Kier alpha value is -2.48. The maximum absolute atomic E-state index is 13.3. The van der Waals surface area contributed by atoms with Crippen molar-refractivity contribution < 1.29 is 28.5 Å². The van der Waals surface area contributed by atoms with E-state index in [0.717, 1.165) is 29.9 Å². The van der Waals surface area contributed by atoms with Crippen LogP contribution < -0.4 is 14.8 Å². The van der Waals surface area contributed by atoms with E-state index in [1.807, 2.05) is 50.8 Å². The van der Waals surface area contributed by atoms with Gasteiger partial charge in [-0.1, -0.05) is 6.92 Å². The van der Waals surface area contributed by atoms with Crippen molar-refractivity contribution in [2.24, 2.45) is 11.8 Å². The molecule has 2 fully saturated rings. The number of rotatable bonds is 4. The molecule has 1 N–H and O–H groups in total. The van der Waals surface area contributed by atoms with Crippen LogP contribution in [0.2, 0.25) is 0 Å². The zero-order valence-corrected chi connectivity index (χ0v) is 22.1. The molecule has 1 aromatic rings. The summed E-state index contributed by atoms with van der Waals surface area (Å²) >= 11 is 0. The molecule has 0 bridgehead atoms. The Morgan fingerprint density at radius 1 is 1.29 bits per heavy atom. The topological polar surface area (TPSA) is 86.3 Å². The van der Waals surface area contributed by atoms with Gasteiger partial charge >= 0.3 is 6.09 Å². The number of methoxy groups -OCH3 is 1. The van der Waals surface area contributed by atoms with Gasteiger partial charge in [-0.15, -0.1) is 0 Å². The summed E-state index contributed by atoms with van der Waals surface area (Å²) in [5.74, 6) is 1.91. The second kappa shape index (κ2) is 9.52. The predicted octanol–water partition coefficient (Wildman–Crippen LogP) is 4.46. The molecule has 4 rings (SSSR count). The molecule has 1 aromatic carbocycles. The molecule has 3 heterocycles. The molecule has 0 unspecified atom stereocenters. The van der Waals surface area contributed by atoms with E-state index in [1.165, 1.54) is 0 Å². The summed E-state index contributed by atoms with van der Waals surface area (Å²) in [6.07, 6.45) is 1.67. The van der Waals surface area contributed by atoms with Crippen LogP contribution in [-0.2, 0) is 14.3 Å². The summed E-state index contributed by atoms with van der Waals surface area (Å²) in [5.41, 5.74) is 0.0452. The van der Waals surface area contributed by atoms with E-state index in [-0.39, 0.29) is 30.0 Å². The average Bonchev–Trinajstić information content (AvgIpc) is 2.79.